The lowest BCUT2D eigenvalue weighted by molar-refractivity contribution is -0.140. The highest BCUT2D eigenvalue weighted by atomic mass is 32.1. The van der Waals surface area contributed by atoms with Crippen LogP contribution in [0.4, 0.5) is 18.0 Å². The van der Waals surface area contributed by atoms with Crippen molar-refractivity contribution >= 4 is 23.4 Å². The number of thiazole rings is 1. The van der Waals surface area contributed by atoms with Gasteiger partial charge >= 0.3 is 18.2 Å². The van der Waals surface area contributed by atoms with Crippen LogP contribution in [0, 0.1) is 0 Å². The Morgan fingerprint density at radius 2 is 1.94 bits per heavy atom. The number of alkyl halides is 3. The summed E-state index contributed by atoms with van der Waals surface area (Å²) in [5.41, 5.74) is 0.214. The minimum atomic E-state index is -4.59. The third kappa shape index (κ3) is 7.70. The first kappa shape index (κ1) is 27.0. The second-order valence-electron chi connectivity index (χ2n) is 7.84. The zero-order valence-electron chi connectivity index (χ0n) is 19.5. The second-order valence-corrected chi connectivity index (χ2v) is 8.82. The van der Waals surface area contributed by atoms with Crippen molar-refractivity contribution in [3.63, 3.8) is 0 Å². The van der Waals surface area contributed by atoms with Crippen LogP contribution in [0.2, 0.25) is 0 Å². The minimum absolute atomic E-state index is 0.00108. The molecular formula is C25H25F3N2O5S. The lowest BCUT2D eigenvalue weighted by atomic mass is 9.99. The number of halogens is 3. The normalized spacial score (nSPS) is 11.2. The van der Waals surface area contributed by atoms with Crippen LogP contribution in [0.5, 0.6) is 5.75 Å². The molecular weight excluding hydrogens is 497 g/mol. The number of aromatic nitrogens is 1. The maximum atomic E-state index is 13.4. The van der Waals surface area contributed by atoms with E-state index >= 15 is 0 Å². The van der Waals surface area contributed by atoms with E-state index in [4.69, 9.17) is 14.6 Å². The summed E-state index contributed by atoms with van der Waals surface area (Å²) in [6, 6.07) is 9.48. The van der Waals surface area contributed by atoms with Crippen LogP contribution in [-0.4, -0.2) is 40.3 Å². The average Bonchev–Trinajstić information content (AvgIpc) is 3.35. The highest BCUT2D eigenvalue weighted by Gasteiger charge is 2.31. The standard InChI is InChI=1S/C25H25F3N2O5S/c1-2-3-10-34-24(33)30(15-22-29-9-11-36-22)14-17-5-4-6-18(12-17)20-13-19(25(26,27)28)7-8-21(20)35-16-23(31)32/h4-9,11-13H,2-3,10,14-16H2,1H3,(H,31,32). The van der Waals surface area contributed by atoms with Crippen LogP contribution in [0.1, 0.15) is 35.9 Å². The fourth-order valence-corrected chi connectivity index (χ4v) is 3.96. The zero-order valence-corrected chi connectivity index (χ0v) is 20.3. The van der Waals surface area contributed by atoms with Crippen molar-refractivity contribution in [1.82, 2.24) is 9.88 Å². The van der Waals surface area contributed by atoms with Crippen molar-refractivity contribution in [2.45, 2.75) is 39.0 Å². The van der Waals surface area contributed by atoms with Gasteiger partial charge in [0.1, 0.15) is 10.8 Å². The van der Waals surface area contributed by atoms with E-state index in [1.807, 2.05) is 6.92 Å². The molecule has 1 N–H and O–H groups in total. The molecule has 7 nitrogen and oxygen atoms in total. The largest absolute Gasteiger partial charge is 0.481 e. The highest BCUT2D eigenvalue weighted by molar-refractivity contribution is 7.09. The van der Waals surface area contributed by atoms with Gasteiger partial charge in [0.25, 0.3) is 0 Å². The third-order valence-corrected chi connectivity index (χ3v) is 5.83. The van der Waals surface area contributed by atoms with Crippen LogP contribution >= 0.6 is 11.3 Å². The van der Waals surface area contributed by atoms with E-state index in [0.717, 1.165) is 31.0 Å². The van der Waals surface area contributed by atoms with Crippen molar-refractivity contribution in [2.75, 3.05) is 13.2 Å². The molecule has 0 spiro atoms. The molecule has 11 heteroatoms. The number of carboxylic acids is 1. The first-order valence-electron chi connectivity index (χ1n) is 11.1. The summed E-state index contributed by atoms with van der Waals surface area (Å²) in [5.74, 6) is -1.25. The van der Waals surface area contributed by atoms with Crippen LogP contribution in [0.3, 0.4) is 0 Å². The molecule has 192 valence electrons. The Morgan fingerprint density at radius 1 is 1.14 bits per heavy atom. The smallest absolute Gasteiger partial charge is 0.416 e. The van der Waals surface area contributed by atoms with Crippen LogP contribution in [0.25, 0.3) is 11.1 Å². The van der Waals surface area contributed by atoms with Crippen molar-refractivity contribution in [3.8, 4) is 16.9 Å². The number of amides is 1. The van der Waals surface area contributed by atoms with Crippen LogP contribution < -0.4 is 4.74 Å². The fourth-order valence-electron chi connectivity index (χ4n) is 3.33. The maximum absolute atomic E-state index is 13.4. The summed E-state index contributed by atoms with van der Waals surface area (Å²) < 4.78 is 50.8. The number of rotatable bonds is 11. The van der Waals surface area contributed by atoms with Crippen molar-refractivity contribution < 1.29 is 37.3 Å². The van der Waals surface area contributed by atoms with E-state index in [1.54, 1.807) is 35.8 Å². The summed E-state index contributed by atoms with van der Waals surface area (Å²) in [4.78, 5) is 29.4. The Kier molecular flexibility index (Phi) is 9.29. The van der Waals surface area contributed by atoms with Gasteiger partial charge in [-0.25, -0.2) is 14.6 Å². The van der Waals surface area contributed by atoms with Crippen molar-refractivity contribution in [2.24, 2.45) is 0 Å². The lowest BCUT2D eigenvalue weighted by Crippen LogP contribution is -2.31. The van der Waals surface area contributed by atoms with E-state index in [1.165, 1.54) is 16.2 Å². The topological polar surface area (TPSA) is 89.0 Å². The van der Waals surface area contributed by atoms with Crippen molar-refractivity contribution in [3.05, 3.63) is 70.2 Å². The minimum Gasteiger partial charge on any atom is -0.481 e. The van der Waals surface area contributed by atoms with Gasteiger partial charge in [-0.2, -0.15) is 13.2 Å². The van der Waals surface area contributed by atoms with Gasteiger partial charge in [-0.15, -0.1) is 11.3 Å². The summed E-state index contributed by atoms with van der Waals surface area (Å²) in [6.07, 6.45) is -1.89. The molecule has 0 radical (unpaired) electrons. The molecule has 0 saturated carbocycles. The summed E-state index contributed by atoms with van der Waals surface area (Å²) in [5, 5.41) is 11.4. The summed E-state index contributed by atoms with van der Waals surface area (Å²) in [6.45, 7) is 1.89. The number of carbonyl (C=O) groups is 2. The Labute approximate surface area is 210 Å². The van der Waals surface area contributed by atoms with E-state index in [2.05, 4.69) is 4.98 Å². The van der Waals surface area contributed by atoms with E-state index in [9.17, 15) is 22.8 Å². The molecule has 36 heavy (non-hydrogen) atoms. The van der Waals surface area contributed by atoms with Crippen LogP contribution in [-0.2, 0) is 28.8 Å². The summed E-state index contributed by atoms with van der Waals surface area (Å²) in [7, 11) is 0. The number of unbranched alkanes of at least 4 members (excludes halogenated alkanes) is 1. The quantitative estimate of drug-likeness (QED) is 0.300. The molecule has 0 saturated heterocycles. The number of hydrogen-bond acceptors (Lipinski definition) is 6. The molecule has 0 aliphatic rings. The number of ether oxygens (including phenoxy) is 2. The molecule has 2 aromatic carbocycles. The van der Waals surface area contributed by atoms with Gasteiger partial charge in [-0.3, -0.25) is 4.90 Å². The van der Waals surface area contributed by atoms with Gasteiger partial charge in [-0.05, 0) is 41.8 Å². The van der Waals surface area contributed by atoms with Crippen LogP contribution in [0.15, 0.2) is 54.0 Å². The molecule has 0 unspecified atom stereocenters. The van der Waals surface area contributed by atoms with E-state index < -0.39 is 30.4 Å². The highest BCUT2D eigenvalue weighted by Crippen LogP contribution is 2.37. The molecule has 1 aromatic heterocycles. The van der Waals surface area contributed by atoms with Gasteiger partial charge < -0.3 is 14.6 Å². The number of hydrogen-bond donors (Lipinski definition) is 1. The van der Waals surface area contributed by atoms with E-state index in [0.29, 0.717) is 16.1 Å². The molecule has 1 heterocycles. The Balaban J connectivity index is 1.91. The third-order valence-electron chi connectivity index (χ3n) is 5.06. The first-order valence-corrected chi connectivity index (χ1v) is 12.0. The maximum Gasteiger partial charge on any atom is 0.416 e. The molecule has 1 amide bonds. The molecule has 3 aromatic rings. The molecule has 0 aliphatic heterocycles. The molecule has 0 atom stereocenters. The Hall–Kier alpha value is -3.60. The lowest BCUT2D eigenvalue weighted by Gasteiger charge is -2.22. The van der Waals surface area contributed by atoms with Gasteiger partial charge in [0.05, 0.1) is 18.7 Å². The summed E-state index contributed by atoms with van der Waals surface area (Å²) >= 11 is 1.39. The monoisotopic (exact) mass is 522 g/mol. The molecule has 0 fully saturated rings. The van der Waals surface area contributed by atoms with Crippen molar-refractivity contribution in [1.29, 1.82) is 0 Å². The Bertz CT molecular complexity index is 1170. The predicted molar refractivity (Wildman–Crippen MR) is 128 cm³/mol. The zero-order chi connectivity index (χ0) is 26.1. The second kappa shape index (κ2) is 12.4. The Morgan fingerprint density at radius 3 is 2.61 bits per heavy atom. The number of carbonyl (C=O) groups excluding carboxylic acids is 1. The van der Waals surface area contributed by atoms with Gasteiger partial charge in [0, 0.05) is 23.7 Å². The molecule has 3 rings (SSSR count). The number of benzene rings is 2. The average molecular weight is 523 g/mol. The number of carboxylic acid groups (broad SMARTS) is 1. The fraction of sp³-hybridized carbons (Fsp3) is 0.320. The number of nitrogens with zero attached hydrogens (tertiary/aromatic N) is 2. The van der Waals surface area contributed by atoms with E-state index in [-0.39, 0.29) is 31.0 Å². The van der Waals surface area contributed by atoms with Gasteiger partial charge in [0.15, 0.2) is 6.61 Å². The molecule has 0 aliphatic carbocycles. The molecule has 0 bridgehead atoms. The SMILES string of the molecule is CCCCOC(=O)N(Cc1cccc(-c2cc(C(F)(F)F)ccc2OCC(=O)O)c1)Cc1nccs1. The van der Waals surface area contributed by atoms with Gasteiger partial charge in [-0.1, -0.05) is 31.5 Å². The van der Waals surface area contributed by atoms with Gasteiger partial charge in [0.2, 0.25) is 0 Å². The first-order chi connectivity index (χ1) is 17.2. The number of aliphatic carboxylic acids is 1. The predicted octanol–water partition coefficient (Wildman–Crippen LogP) is 6.23.